The van der Waals surface area contributed by atoms with Gasteiger partial charge in [0.25, 0.3) is 0 Å². The number of hydrogen-bond acceptors (Lipinski definition) is 4. The second kappa shape index (κ2) is 10.3. The highest BCUT2D eigenvalue weighted by Crippen LogP contribution is 2.30. The standard InChI is InChI=1S/C21H23F2NO4/c1-4-27-17-8-6-5-7-16(17)10-12-20(25)24(2)14-15-9-11-18(26-3)19(13-15)28-21(22)23/h5-13,21H,4,14H2,1-3H3/b12-10+. The van der Waals surface area contributed by atoms with Gasteiger partial charge in [0.15, 0.2) is 11.5 Å². The lowest BCUT2D eigenvalue weighted by Crippen LogP contribution is -2.24. The van der Waals surface area contributed by atoms with E-state index in [4.69, 9.17) is 9.47 Å². The first-order valence-corrected chi connectivity index (χ1v) is 8.71. The van der Waals surface area contributed by atoms with Gasteiger partial charge < -0.3 is 19.1 Å². The van der Waals surface area contributed by atoms with Gasteiger partial charge in [0.1, 0.15) is 5.75 Å². The third kappa shape index (κ3) is 5.97. The topological polar surface area (TPSA) is 48.0 Å². The molecule has 0 unspecified atom stereocenters. The molecule has 28 heavy (non-hydrogen) atoms. The van der Waals surface area contributed by atoms with Gasteiger partial charge in [-0.05, 0) is 36.8 Å². The number of methoxy groups -OCH3 is 1. The number of rotatable bonds is 9. The van der Waals surface area contributed by atoms with Crippen molar-refractivity contribution in [2.75, 3.05) is 20.8 Å². The van der Waals surface area contributed by atoms with Crippen LogP contribution in [0.25, 0.3) is 6.08 Å². The summed E-state index contributed by atoms with van der Waals surface area (Å²) in [6.45, 7) is -0.323. The number of ether oxygens (including phenoxy) is 3. The molecular weight excluding hydrogens is 368 g/mol. The quantitative estimate of drug-likeness (QED) is 0.596. The molecule has 7 heteroatoms. The zero-order valence-electron chi connectivity index (χ0n) is 16.0. The summed E-state index contributed by atoms with van der Waals surface area (Å²) in [5.41, 5.74) is 1.43. The van der Waals surface area contributed by atoms with Gasteiger partial charge in [-0.2, -0.15) is 8.78 Å². The number of carbonyl (C=O) groups is 1. The number of halogens is 2. The molecule has 0 saturated carbocycles. The molecule has 1 amide bonds. The molecular formula is C21H23F2NO4. The van der Waals surface area contributed by atoms with Crippen molar-refractivity contribution in [1.29, 1.82) is 0 Å². The second-order valence-electron chi connectivity index (χ2n) is 5.86. The minimum atomic E-state index is -2.96. The van der Waals surface area contributed by atoms with Crippen LogP contribution in [-0.4, -0.2) is 38.2 Å². The molecule has 0 aromatic heterocycles. The van der Waals surface area contributed by atoms with Crippen LogP contribution in [0.2, 0.25) is 0 Å². The fraction of sp³-hybridized carbons (Fsp3) is 0.286. The molecule has 0 heterocycles. The molecule has 0 aliphatic carbocycles. The van der Waals surface area contributed by atoms with Crippen LogP contribution in [-0.2, 0) is 11.3 Å². The smallest absolute Gasteiger partial charge is 0.387 e. The van der Waals surface area contributed by atoms with Crippen LogP contribution < -0.4 is 14.2 Å². The van der Waals surface area contributed by atoms with Crippen LogP contribution in [0.4, 0.5) is 8.78 Å². The fourth-order valence-corrected chi connectivity index (χ4v) is 2.55. The molecule has 2 aromatic carbocycles. The Morgan fingerprint density at radius 2 is 1.89 bits per heavy atom. The van der Waals surface area contributed by atoms with E-state index in [1.807, 2.05) is 31.2 Å². The van der Waals surface area contributed by atoms with Gasteiger partial charge in [0, 0.05) is 25.2 Å². The Labute approximate surface area is 163 Å². The maximum Gasteiger partial charge on any atom is 0.387 e. The Morgan fingerprint density at radius 3 is 2.57 bits per heavy atom. The largest absolute Gasteiger partial charge is 0.493 e. The van der Waals surface area contributed by atoms with E-state index in [0.29, 0.717) is 17.9 Å². The monoisotopic (exact) mass is 391 g/mol. The number of benzene rings is 2. The van der Waals surface area contributed by atoms with E-state index in [1.165, 1.54) is 30.2 Å². The lowest BCUT2D eigenvalue weighted by molar-refractivity contribution is -0.125. The van der Waals surface area contributed by atoms with Crippen molar-refractivity contribution in [1.82, 2.24) is 4.90 Å². The molecule has 0 radical (unpaired) electrons. The Balaban J connectivity index is 2.08. The zero-order chi connectivity index (χ0) is 20.5. The maximum atomic E-state index is 12.5. The van der Waals surface area contributed by atoms with Crippen molar-refractivity contribution >= 4 is 12.0 Å². The van der Waals surface area contributed by atoms with Crippen LogP contribution in [0, 0.1) is 0 Å². The third-order valence-corrected chi connectivity index (χ3v) is 3.86. The third-order valence-electron chi connectivity index (χ3n) is 3.86. The highest BCUT2D eigenvalue weighted by Gasteiger charge is 2.13. The predicted octanol–water partition coefficient (Wildman–Crippen LogP) is 4.37. The SMILES string of the molecule is CCOc1ccccc1/C=C/C(=O)N(C)Cc1ccc(OC)c(OC(F)F)c1. The van der Waals surface area contributed by atoms with Crippen LogP contribution in [0.5, 0.6) is 17.2 Å². The summed E-state index contributed by atoms with van der Waals surface area (Å²) in [6, 6.07) is 12.1. The van der Waals surface area contributed by atoms with Gasteiger partial charge >= 0.3 is 6.61 Å². The molecule has 150 valence electrons. The number of para-hydroxylation sites is 1. The molecule has 0 saturated heterocycles. The normalized spacial score (nSPS) is 10.9. The molecule has 0 spiro atoms. The molecule has 0 aliphatic heterocycles. The summed E-state index contributed by atoms with van der Waals surface area (Å²) in [5, 5.41) is 0. The first kappa shape index (κ1) is 21.2. The van der Waals surface area contributed by atoms with E-state index in [-0.39, 0.29) is 24.0 Å². The van der Waals surface area contributed by atoms with Crippen LogP contribution in [0.3, 0.4) is 0 Å². The number of likely N-dealkylation sites (N-methyl/N-ethyl adjacent to an activating group) is 1. The molecule has 0 fully saturated rings. The summed E-state index contributed by atoms with van der Waals surface area (Å²) < 4.78 is 40.1. The summed E-state index contributed by atoms with van der Waals surface area (Å²) >= 11 is 0. The van der Waals surface area contributed by atoms with Crippen LogP contribution >= 0.6 is 0 Å². The van der Waals surface area contributed by atoms with E-state index in [2.05, 4.69) is 4.74 Å². The van der Waals surface area contributed by atoms with Gasteiger partial charge in [-0.15, -0.1) is 0 Å². The lowest BCUT2D eigenvalue weighted by atomic mass is 10.1. The van der Waals surface area contributed by atoms with Crippen molar-refractivity contribution in [2.24, 2.45) is 0 Å². The number of hydrogen-bond donors (Lipinski definition) is 0. The molecule has 2 rings (SSSR count). The first-order valence-electron chi connectivity index (χ1n) is 8.71. The van der Waals surface area contributed by atoms with Crippen molar-refractivity contribution in [3.63, 3.8) is 0 Å². The van der Waals surface area contributed by atoms with Crippen molar-refractivity contribution in [3.05, 3.63) is 59.7 Å². The molecule has 0 bridgehead atoms. The van der Waals surface area contributed by atoms with Crippen molar-refractivity contribution < 1.29 is 27.8 Å². The van der Waals surface area contributed by atoms with Crippen molar-refractivity contribution in [2.45, 2.75) is 20.1 Å². The van der Waals surface area contributed by atoms with Gasteiger partial charge in [-0.3, -0.25) is 4.79 Å². The predicted molar refractivity (Wildman–Crippen MR) is 103 cm³/mol. The van der Waals surface area contributed by atoms with E-state index >= 15 is 0 Å². The summed E-state index contributed by atoms with van der Waals surface area (Å²) in [4.78, 5) is 13.9. The number of alkyl halides is 2. The average molecular weight is 391 g/mol. The Hall–Kier alpha value is -3.09. The molecule has 0 atom stereocenters. The number of nitrogens with zero attached hydrogens (tertiary/aromatic N) is 1. The second-order valence-corrected chi connectivity index (χ2v) is 5.86. The molecule has 0 aliphatic rings. The maximum absolute atomic E-state index is 12.5. The lowest BCUT2D eigenvalue weighted by Gasteiger charge is -2.17. The highest BCUT2D eigenvalue weighted by atomic mass is 19.3. The van der Waals surface area contributed by atoms with E-state index in [9.17, 15) is 13.6 Å². The summed E-state index contributed by atoms with van der Waals surface area (Å²) in [6.07, 6.45) is 3.13. The average Bonchev–Trinajstić information content (AvgIpc) is 2.67. The number of carbonyl (C=O) groups excluding carboxylic acids is 1. The Morgan fingerprint density at radius 1 is 1.14 bits per heavy atom. The van der Waals surface area contributed by atoms with Gasteiger partial charge in [0.2, 0.25) is 5.91 Å². The Kier molecular flexibility index (Phi) is 7.80. The minimum Gasteiger partial charge on any atom is -0.493 e. The van der Waals surface area contributed by atoms with Gasteiger partial charge in [-0.25, -0.2) is 0 Å². The molecule has 0 N–H and O–H groups in total. The van der Waals surface area contributed by atoms with Crippen molar-refractivity contribution in [3.8, 4) is 17.2 Å². The summed E-state index contributed by atoms with van der Waals surface area (Å²) in [5.74, 6) is 0.585. The Bertz CT molecular complexity index is 824. The zero-order valence-corrected chi connectivity index (χ0v) is 16.0. The van der Waals surface area contributed by atoms with E-state index < -0.39 is 6.61 Å². The fourth-order valence-electron chi connectivity index (χ4n) is 2.55. The highest BCUT2D eigenvalue weighted by molar-refractivity contribution is 5.92. The van der Waals surface area contributed by atoms with E-state index in [0.717, 1.165) is 5.56 Å². The first-order chi connectivity index (χ1) is 13.4. The van der Waals surface area contributed by atoms with Gasteiger partial charge in [-0.1, -0.05) is 24.3 Å². The molecule has 5 nitrogen and oxygen atoms in total. The van der Waals surface area contributed by atoms with Crippen LogP contribution in [0.1, 0.15) is 18.1 Å². The minimum absolute atomic E-state index is 0.0722. The molecule has 2 aromatic rings. The van der Waals surface area contributed by atoms with Crippen LogP contribution in [0.15, 0.2) is 48.5 Å². The van der Waals surface area contributed by atoms with E-state index in [1.54, 1.807) is 19.2 Å². The number of amides is 1. The summed E-state index contributed by atoms with van der Waals surface area (Å²) in [7, 11) is 2.99. The van der Waals surface area contributed by atoms with Gasteiger partial charge in [0.05, 0.1) is 13.7 Å².